The summed E-state index contributed by atoms with van der Waals surface area (Å²) >= 11 is 0. The Kier molecular flexibility index (Phi) is 5.25. The minimum absolute atomic E-state index is 0.0498. The number of rotatable bonds is 5. The molecule has 3 aromatic rings. The molecule has 2 heterocycles. The minimum Gasteiger partial charge on any atom is -0.493 e. The molecule has 0 aliphatic carbocycles. The third-order valence-electron chi connectivity index (χ3n) is 5.62. The summed E-state index contributed by atoms with van der Waals surface area (Å²) in [5.74, 6) is 1.28. The highest BCUT2D eigenvalue weighted by Crippen LogP contribution is 2.47. The Hall–Kier alpha value is -3.28. The van der Waals surface area contributed by atoms with Crippen molar-refractivity contribution in [1.82, 2.24) is 15.1 Å². The van der Waals surface area contributed by atoms with Gasteiger partial charge >= 0.3 is 0 Å². The first-order chi connectivity index (χ1) is 14.8. The number of hydrogen-bond donors (Lipinski definition) is 1. The lowest BCUT2D eigenvalue weighted by atomic mass is 9.93. The van der Waals surface area contributed by atoms with E-state index in [0.29, 0.717) is 23.8 Å². The zero-order valence-corrected chi connectivity index (χ0v) is 18.9. The topological polar surface area (TPSA) is 67.5 Å². The standard InChI is InChI=1S/C25H29N3O3/c1-7-31-18-13-12-17(14-19(18)30-6)23-20-21(16-10-8-15(2)9-11-16)26-27-22(20)24(29)28(23)25(3,4)5/h8-14,23H,7H2,1-6H3,(H,26,27). The van der Waals surface area contributed by atoms with Crippen molar-refractivity contribution in [3.05, 3.63) is 64.8 Å². The van der Waals surface area contributed by atoms with Gasteiger partial charge in [0.25, 0.3) is 5.91 Å². The number of H-pyrrole nitrogens is 1. The lowest BCUT2D eigenvalue weighted by Gasteiger charge is -2.38. The molecule has 0 saturated heterocycles. The molecule has 1 aromatic heterocycles. The lowest BCUT2D eigenvalue weighted by molar-refractivity contribution is 0.0545. The summed E-state index contributed by atoms with van der Waals surface area (Å²) in [5, 5.41) is 7.56. The molecular weight excluding hydrogens is 390 g/mol. The van der Waals surface area contributed by atoms with Crippen molar-refractivity contribution in [3.63, 3.8) is 0 Å². The summed E-state index contributed by atoms with van der Waals surface area (Å²) in [6.45, 7) is 10.7. The molecule has 162 valence electrons. The summed E-state index contributed by atoms with van der Waals surface area (Å²) in [6.07, 6.45) is 0. The summed E-state index contributed by atoms with van der Waals surface area (Å²) in [7, 11) is 1.63. The molecule has 1 amide bonds. The van der Waals surface area contributed by atoms with Gasteiger partial charge in [0.05, 0.1) is 25.5 Å². The van der Waals surface area contributed by atoms with Crippen LogP contribution in [-0.2, 0) is 0 Å². The number of amides is 1. The van der Waals surface area contributed by atoms with Gasteiger partial charge in [-0.3, -0.25) is 9.89 Å². The number of ether oxygens (including phenoxy) is 2. The molecular formula is C25H29N3O3. The SMILES string of the molecule is CCOc1ccc(C2c3c(-c4ccc(C)cc4)n[nH]c3C(=O)N2C(C)(C)C)cc1OC. The molecule has 1 aliphatic heterocycles. The molecule has 0 bridgehead atoms. The van der Waals surface area contributed by atoms with Crippen LogP contribution in [0.25, 0.3) is 11.3 Å². The number of nitrogens with one attached hydrogen (secondary N) is 1. The quantitative estimate of drug-likeness (QED) is 0.622. The number of aryl methyl sites for hydroxylation is 1. The molecule has 0 radical (unpaired) electrons. The Morgan fingerprint density at radius 3 is 2.42 bits per heavy atom. The number of fused-ring (bicyclic) bond motifs is 1. The Balaban J connectivity index is 1.91. The van der Waals surface area contributed by atoms with Crippen LogP contribution in [0.3, 0.4) is 0 Å². The van der Waals surface area contributed by atoms with Crippen LogP contribution in [0.2, 0.25) is 0 Å². The Labute approximate surface area is 183 Å². The van der Waals surface area contributed by atoms with Crippen LogP contribution in [0.5, 0.6) is 11.5 Å². The van der Waals surface area contributed by atoms with E-state index in [2.05, 4.69) is 50.0 Å². The molecule has 6 heteroatoms. The van der Waals surface area contributed by atoms with Gasteiger partial charge in [0.2, 0.25) is 0 Å². The third kappa shape index (κ3) is 3.56. The molecule has 0 spiro atoms. The number of benzene rings is 2. The highest BCUT2D eigenvalue weighted by Gasteiger charge is 2.46. The number of nitrogens with zero attached hydrogens (tertiary/aromatic N) is 2. The maximum atomic E-state index is 13.4. The molecule has 2 aromatic carbocycles. The van der Waals surface area contributed by atoms with Crippen molar-refractivity contribution >= 4 is 5.91 Å². The van der Waals surface area contributed by atoms with E-state index in [1.165, 1.54) is 5.56 Å². The largest absolute Gasteiger partial charge is 0.493 e. The van der Waals surface area contributed by atoms with Gasteiger partial charge in [-0.2, -0.15) is 5.10 Å². The van der Waals surface area contributed by atoms with E-state index in [0.717, 1.165) is 22.4 Å². The Bertz CT molecular complexity index is 1110. The summed E-state index contributed by atoms with van der Waals surface area (Å²) in [6, 6.07) is 13.8. The smallest absolute Gasteiger partial charge is 0.273 e. The van der Waals surface area contributed by atoms with Crippen molar-refractivity contribution in [1.29, 1.82) is 0 Å². The first kappa shape index (κ1) is 21.0. The van der Waals surface area contributed by atoms with Crippen LogP contribution in [0.15, 0.2) is 42.5 Å². The van der Waals surface area contributed by atoms with Crippen LogP contribution in [0, 0.1) is 6.92 Å². The van der Waals surface area contributed by atoms with Crippen molar-refractivity contribution < 1.29 is 14.3 Å². The number of aromatic nitrogens is 2. The molecule has 1 atom stereocenters. The first-order valence-electron chi connectivity index (χ1n) is 10.6. The zero-order chi connectivity index (χ0) is 22.3. The Morgan fingerprint density at radius 1 is 1.10 bits per heavy atom. The molecule has 0 saturated carbocycles. The van der Waals surface area contributed by atoms with E-state index < -0.39 is 5.54 Å². The normalized spacial score (nSPS) is 15.9. The van der Waals surface area contributed by atoms with Gasteiger partial charge in [0.15, 0.2) is 11.5 Å². The molecule has 1 unspecified atom stereocenters. The fraction of sp³-hybridized carbons (Fsp3) is 0.360. The number of hydrogen-bond acceptors (Lipinski definition) is 4. The van der Waals surface area contributed by atoms with Crippen molar-refractivity contribution in [2.24, 2.45) is 0 Å². The van der Waals surface area contributed by atoms with Crippen LogP contribution in [-0.4, -0.2) is 40.3 Å². The first-order valence-corrected chi connectivity index (χ1v) is 10.6. The second kappa shape index (κ2) is 7.76. The summed E-state index contributed by atoms with van der Waals surface area (Å²) in [5.41, 5.74) is 4.96. The second-order valence-electron chi connectivity index (χ2n) is 8.82. The van der Waals surface area contributed by atoms with Crippen molar-refractivity contribution in [2.75, 3.05) is 13.7 Å². The fourth-order valence-electron chi connectivity index (χ4n) is 4.21. The molecule has 0 fully saturated rings. The minimum atomic E-state index is -0.391. The summed E-state index contributed by atoms with van der Waals surface area (Å²) < 4.78 is 11.3. The van der Waals surface area contributed by atoms with Crippen molar-refractivity contribution in [2.45, 2.75) is 46.2 Å². The van der Waals surface area contributed by atoms with E-state index in [4.69, 9.17) is 9.47 Å². The second-order valence-corrected chi connectivity index (χ2v) is 8.82. The van der Waals surface area contributed by atoms with Crippen molar-refractivity contribution in [3.8, 4) is 22.8 Å². The summed E-state index contributed by atoms with van der Waals surface area (Å²) in [4.78, 5) is 15.4. The lowest BCUT2D eigenvalue weighted by Crippen LogP contribution is -2.44. The molecule has 31 heavy (non-hydrogen) atoms. The molecule has 1 N–H and O–H groups in total. The Morgan fingerprint density at radius 2 is 1.81 bits per heavy atom. The van der Waals surface area contributed by atoms with Crippen LogP contribution in [0.1, 0.15) is 60.9 Å². The highest BCUT2D eigenvalue weighted by molar-refractivity contribution is 6.00. The van der Waals surface area contributed by atoms with Gasteiger partial charge < -0.3 is 14.4 Å². The monoisotopic (exact) mass is 419 g/mol. The van der Waals surface area contributed by atoms with Gasteiger partial charge in [-0.05, 0) is 52.3 Å². The highest BCUT2D eigenvalue weighted by atomic mass is 16.5. The van der Waals surface area contributed by atoms with E-state index in [-0.39, 0.29) is 11.9 Å². The number of carbonyl (C=O) groups excluding carboxylic acids is 1. The number of methoxy groups -OCH3 is 1. The van der Waals surface area contributed by atoms with E-state index in [1.54, 1.807) is 7.11 Å². The fourth-order valence-corrected chi connectivity index (χ4v) is 4.21. The maximum absolute atomic E-state index is 13.4. The average molecular weight is 420 g/mol. The van der Waals surface area contributed by atoms with Gasteiger partial charge in [-0.25, -0.2) is 0 Å². The van der Waals surface area contributed by atoms with Gasteiger partial charge in [-0.15, -0.1) is 0 Å². The van der Waals surface area contributed by atoms with E-state index in [9.17, 15) is 4.79 Å². The van der Waals surface area contributed by atoms with Crippen LogP contribution in [0.4, 0.5) is 0 Å². The van der Waals surface area contributed by atoms with Crippen LogP contribution >= 0.6 is 0 Å². The molecule has 4 rings (SSSR count). The molecule has 6 nitrogen and oxygen atoms in total. The van der Waals surface area contributed by atoms with E-state index in [1.807, 2.05) is 42.2 Å². The average Bonchev–Trinajstić information content (AvgIpc) is 3.28. The number of carbonyl (C=O) groups is 1. The predicted octanol–water partition coefficient (Wildman–Crippen LogP) is 5.14. The predicted molar refractivity (Wildman–Crippen MR) is 121 cm³/mol. The number of aromatic amines is 1. The van der Waals surface area contributed by atoms with Gasteiger partial charge in [0, 0.05) is 16.7 Å². The maximum Gasteiger partial charge on any atom is 0.273 e. The zero-order valence-electron chi connectivity index (χ0n) is 18.9. The molecule has 1 aliphatic rings. The van der Waals surface area contributed by atoms with Gasteiger partial charge in [-0.1, -0.05) is 35.9 Å². The van der Waals surface area contributed by atoms with Crippen LogP contribution < -0.4 is 9.47 Å². The third-order valence-corrected chi connectivity index (χ3v) is 5.62. The van der Waals surface area contributed by atoms with Gasteiger partial charge in [0.1, 0.15) is 5.69 Å². The van der Waals surface area contributed by atoms with E-state index >= 15 is 0 Å².